The molecule has 1 atom stereocenters. The highest BCUT2D eigenvalue weighted by molar-refractivity contribution is 7.18. The van der Waals surface area contributed by atoms with Crippen molar-refractivity contribution >= 4 is 40.4 Å². The Hall–Kier alpha value is -1.47. The van der Waals surface area contributed by atoms with Crippen molar-refractivity contribution in [1.29, 1.82) is 0 Å². The van der Waals surface area contributed by atoms with E-state index in [0.29, 0.717) is 0 Å². The van der Waals surface area contributed by atoms with Gasteiger partial charge in [0.1, 0.15) is 0 Å². The molecule has 0 saturated heterocycles. The molecule has 18 heavy (non-hydrogen) atoms. The molecule has 0 aliphatic heterocycles. The van der Waals surface area contributed by atoms with E-state index in [1.165, 1.54) is 7.11 Å². The van der Waals surface area contributed by atoms with Crippen LogP contribution >= 0.6 is 22.9 Å². The summed E-state index contributed by atoms with van der Waals surface area (Å²) in [6.07, 6.45) is -0.0708. The third-order valence-corrected chi connectivity index (χ3v) is 3.61. The van der Waals surface area contributed by atoms with Crippen LogP contribution in [0.15, 0.2) is 6.07 Å². The number of halogens is 1. The minimum Gasteiger partial charge on any atom is -0.469 e. The van der Waals surface area contributed by atoms with E-state index in [1.807, 2.05) is 0 Å². The summed E-state index contributed by atoms with van der Waals surface area (Å²) in [4.78, 5) is 33.0. The average molecular weight is 292 g/mol. The predicted octanol–water partition coefficient (Wildman–Crippen LogP) is 2.69. The summed E-state index contributed by atoms with van der Waals surface area (Å²) in [6.45, 7) is 1.55. The molecule has 6 nitrogen and oxygen atoms in total. The third kappa shape index (κ3) is 3.27. The first-order valence-corrected chi connectivity index (χ1v) is 6.11. The SMILES string of the molecule is COC(=O)CC(C)C(=O)c1cc([N+](=O)[O-])c(Cl)s1. The first kappa shape index (κ1) is 14.6. The fourth-order valence-corrected chi connectivity index (χ4v) is 2.55. The maximum atomic E-state index is 11.9. The maximum Gasteiger partial charge on any atom is 0.306 e. The smallest absolute Gasteiger partial charge is 0.306 e. The molecular weight excluding hydrogens is 282 g/mol. The van der Waals surface area contributed by atoms with Crippen LogP contribution in [0.4, 0.5) is 5.69 Å². The molecule has 0 saturated carbocycles. The molecule has 1 aromatic heterocycles. The maximum absolute atomic E-state index is 11.9. The summed E-state index contributed by atoms with van der Waals surface area (Å²) in [7, 11) is 1.23. The van der Waals surface area contributed by atoms with Crippen LogP contribution in [0.5, 0.6) is 0 Å². The lowest BCUT2D eigenvalue weighted by molar-refractivity contribution is -0.384. The number of hydrogen-bond donors (Lipinski definition) is 0. The zero-order valence-corrected chi connectivity index (χ0v) is 11.2. The topological polar surface area (TPSA) is 86.5 Å². The molecule has 0 fully saturated rings. The molecular formula is C10H10ClNO5S. The van der Waals surface area contributed by atoms with Crippen LogP contribution in [0, 0.1) is 16.0 Å². The van der Waals surface area contributed by atoms with Gasteiger partial charge >= 0.3 is 5.97 Å². The number of rotatable bonds is 5. The molecule has 1 unspecified atom stereocenters. The largest absolute Gasteiger partial charge is 0.469 e. The van der Waals surface area contributed by atoms with Gasteiger partial charge in [0.2, 0.25) is 0 Å². The quantitative estimate of drug-likeness (QED) is 0.360. The second-order valence-electron chi connectivity index (χ2n) is 3.57. The molecule has 8 heteroatoms. The Morgan fingerprint density at radius 1 is 1.61 bits per heavy atom. The predicted molar refractivity (Wildman–Crippen MR) is 66.1 cm³/mol. The van der Waals surface area contributed by atoms with Crippen LogP contribution in [0.2, 0.25) is 4.34 Å². The Bertz CT molecular complexity index is 498. The molecule has 98 valence electrons. The highest BCUT2D eigenvalue weighted by Crippen LogP contribution is 2.35. The van der Waals surface area contributed by atoms with Crippen LogP contribution in [-0.2, 0) is 9.53 Å². The molecule has 0 aliphatic rings. The molecule has 1 rings (SSSR count). The average Bonchev–Trinajstić information content (AvgIpc) is 2.70. The first-order chi connectivity index (χ1) is 8.36. The van der Waals surface area contributed by atoms with Gasteiger partial charge in [0.05, 0.1) is 23.3 Å². The van der Waals surface area contributed by atoms with Gasteiger partial charge in [-0.25, -0.2) is 0 Å². The molecule has 0 spiro atoms. The van der Waals surface area contributed by atoms with E-state index in [2.05, 4.69) is 4.74 Å². The summed E-state index contributed by atoms with van der Waals surface area (Å²) in [6, 6.07) is 1.13. The molecule has 0 N–H and O–H groups in total. The number of methoxy groups -OCH3 is 1. The number of nitro groups is 1. The Morgan fingerprint density at radius 2 is 2.22 bits per heavy atom. The second kappa shape index (κ2) is 5.92. The standard InChI is InChI=1S/C10H10ClNO5S/c1-5(3-8(13)17-2)9(14)7-4-6(12(15)16)10(11)18-7/h4-5H,3H2,1-2H3. The van der Waals surface area contributed by atoms with Crippen molar-refractivity contribution < 1.29 is 19.2 Å². The van der Waals surface area contributed by atoms with Crippen molar-refractivity contribution in [1.82, 2.24) is 0 Å². The van der Waals surface area contributed by atoms with Crippen LogP contribution in [0.3, 0.4) is 0 Å². The number of hydrogen-bond acceptors (Lipinski definition) is 6. The van der Waals surface area contributed by atoms with Crippen LogP contribution < -0.4 is 0 Å². The van der Waals surface area contributed by atoms with E-state index in [9.17, 15) is 19.7 Å². The molecule has 0 aromatic carbocycles. The highest BCUT2D eigenvalue weighted by atomic mass is 35.5. The summed E-state index contributed by atoms with van der Waals surface area (Å²) >= 11 is 6.49. The van der Waals surface area contributed by atoms with Crippen LogP contribution in [0.25, 0.3) is 0 Å². The van der Waals surface area contributed by atoms with Gasteiger partial charge in [0.25, 0.3) is 5.69 Å². The monoisotopic (exact) mass is 291 g/mol. The number of ether oxygens (including phenoxy) is 1. The number of nitrogens with zero attached hydrogens (tertiary/aromatic N) is 1. The number of Topliss-reactive ketones (excluding diaryl/α,β-unsaturated/α-hetero) is 1. The van der Waals surface area contributed by atoms with Gasteiger partial charge in [-0.15, -0.1) is 11.3 Å². The minimum atomic E-state index is -0.652. The fourth-order valence-electron chi connectivity index (χ4n) is 1.27. The van der Waals surface area contributed by atoms with E-state index < -0.39 is 16.8 Å². The van der Waals surface area contributed by atoms with Gasteiger partial charge in [-0.1, -0.05) is 18.5 Å². The molecule has 0 radical (unpaired) electrons. The van der Waals surface area contributed by atoms with E-state index in [-0.39, 0.29) is 27.1 Å². The van der Waals surface area contributed by atoms with Gasteiger partial charge in [-0.2, -0.15) is 0 Å². The van der Waals surface area contributed by atoms with Gasteiger partial charge in [0.15, 0.2) is 10.1 Å². The number of carbonyl (C=O) groups is 2. The Kier molecular flexibility index (Phi) is 4.80. The Labute approximate surface area is 112 Å². The van der Waals surface area contributed by atoms with Crippen molar-refractivity contribution in [3.63, 3.8) is 0 Å². The number of ketones is 1. The number of thiophene rings is 1. The van der Waals surface area contributed by atoms with Crippen LogP contribution in [0.1, 0.15) is 23.0 Å². The summed E-state index contributed by atoms with van der Waals surface area (Å²) in [5.74, 6) is -1.47. The summed E-state index contributed by atoms with van der Waals surface area (Å²) < 4.78 is 4.40. The third-order valence-electron chi connectivity index (χ3n) is 2.26. The lowest BCUT2D eigenvalue weighted by atomic mass is 10.0. The lowest BCUT2D eigenvalue weighted by Gasteiger charge is -2.06. The van der Waals surface area contributed by atoms with Gasteiger partial charge < -0.3 is 4.74 Å². The first-order valence-electron chi connectivity index (χ1n) is 4.91. The normalized spacial score (nSPS) is 11.9. The lowest BCUT2D eigenvalue weighted by Crippen LogP contribution is -2.15. The van der Waals surface area contributed by atoms with Crippen molar-refractivity contribution in [2.45, 2.75) is 13.3 Å². The molecule has 0 aliphatic carbocycles. The highest BCUT2D eigenvalue weighted by Gasteiger charge is 2.25. The Morgan fingerprint density at radius 3 is 2.67 bits per heavy atom. The number of esters is 1. The summed E-state index contributed by atoms with van der Waals surface area (Å²) in [5, 5.41) is 10.6. The molecule has 0 amide bonds. The second-order valence-corrected chi connectivity index (χ2v) is 5.23. The molecule has 1 aromatic rings. The van der Waals surface area contributed by atoms with E-state index in [1.54, 1.807) is 6.92 Å². The molecule has 0 bridgehead atoms. The van der Waals surface area contributed by atoms with E-state index >= 15 is 0 Å². The number of carbonyl (C=O) groups excluding carboxylic acids is 2. The van der Waals surface area contributed by atoms with E-state index in [0.717, 1.165) is 17.4 Å². The zero-order valence-electron chi connectivity index (χ0n) is 9.64. The van der Waals surface area contributed by atoms with Gasteiger partial charge in [-0.3, -0.25) is 19.7 Å². The summed E-state index contributed by atoms with van der Waals surface area (Å²) in [5.41, 5.74) is -0.296. The van der Waals surface area contributed by atoms with E-state index in [4.69, 9.17) is 11.6 Å². The Balaban J connectivity index is 2.87. The van der Waals surface area contributed by atoms with Crippen molar-refractivity contribution in [3.05, 3.63) is 25.4 Å². The van der Waals surface area contributed by atoms with Crippen molar-refractivity contribution in [2.75, 3.05) is 7.11 Å². The van der Waals surface area contributed by atoms with Gasteiger partial charge in [0, 0.05) is 12.0 Å². The van der Waals surface area contributed by atoms with Crippen molar-refractivity contribution in [3.8, 4) is 0 Å². The van der Waals surface area contributed by atoms with Crippen LogP contribution in [-0.4, -0.2) is 23.8 Å². The minimum absolute atomic E-state index is 0.0476. The fraction of sp³-hybridized carbons (Fsp3) is 0.400. The molecule has 1 heterocycles. The van der Waals surface area contributed by atoms with Gasteiger partial charge in [-0.05, 0) is 0 Å². The zero-order chi connectivity index (χ0) is 13.9. The van der Waals surface area contributed by atoms with Crippen molar-refractivity contribution in [2.24, 2.45) is 5.92 Å².